The van der Waals surface area contributed by atoms with E-state index in [1.807, 2.05) is 11.8 Å². The van der Waals surface area contributed by atoms with Crippen molar-refractivity contribution in [2.75, 3.05) is 0 Å². The van der Waals surface area contributed by atoms with Gasteiger partial charge in [0.25, 0.3) is 0 Å². The summed E-state index contributed by atoms with van der Waals surface area (Å²) in [5.74, 6) is 0. The highest BCUT2D eigenvalue weighted by Gasteiger charge is 2.29. The molecule has 2 aliphatic rings. The Balaban J connectivity index is 0.665. The molecule has 0 spiro atoms. The molecule has 0 aliphatic carbocycles. The summed E-state index contributed by atoms with van der Waals surface area (Å²) in [6.07, 6.45) is 7.13. The molecular formula is C64H44N2S2. The second kappa shape index (κ2) is 16.1. The SMILES string of the molecule is C1=C(c2ccc3cc(-c4ccc5c(c4)c4ccccc4n5-c4ccccc4)ccc3c2)SC(C2=CCC(c3ccc4cc(-c5ccc6c(c5)c5ccccc5n6-c5ccccc5)ccc4c3)S2)C1. The Hall–Kier alpha value is -7.50. The minimum Gasteiger partial charge on any atom is -0.309 e. The Morgan fingerprint density at radius 1 is 0.324 bits per heavy atom. The molecule has 10 aromatic carbocycles. The molecule has 0 bridgehead atoms. The Labute approximate surface area is 403 Å². The van der Waals surface area contributed by atoms with Gasteiger partial charge in [-0.25, -0.2) is 0 Å². The van der Waals surface area contributed by atoms with Crippen molar-refractivity contribution in [3.63, 3.8) is 0 Å². The molecule has 0 amide bonds. The maximum absolute atomic E-state index is 2.51. The van der Waals surface area contributed by atoms with E-state index in [4.69, 9.17) is 0 Å². The van der Waals surface area contributed by atoms with Gasteiger partial charge in [0.15, 0.2) is 0 Å². The van der Waals surface area contributed by atoms with Gasteiger partial charge in [-0.15, -0.1) is 23.5 Å². The number of nitrogens with zero attached hydrogens (tertiary/aromatic N) is 2. The zero-order valence-corrected chi connectivity index (χ0v) is 38.9. The predicted octanol–water partition coefficient (Wildman–Crippen LogP) is 18.1. The molecule has 12 aromatic rings. The van der Waals surface area contributed by atoms with Crippen LogP contribution in [0.4, 0.5) is 0 Å². The van der Waals surface area contributed by atoms with Crippen LogP contribution < -0.4 is 0 Å². The van der Waals surface area contributed by atoms with E-state index >= 15 is 0 Å². The molecule has 0 saturated heterocycles. The van der Waals surface area contributed by atoms with Gasteiger partial charge in [0.1, 0.15) is 0 Å². The summed E-state index contributed by atoms with van der Waals surface area (Å²) in [7, 11) is 0. The van der Waals surface area contributed by atoms with Gasteiger partial charge in [0.2, 0.25) is 0 Å². The molecule has 2 aliphatic heterocycles. The highest BCUT2D eigenvalue weighted by atomic mass is 32.2. The molecule has 68 heavy (non-hydrogen) atoms. The smallest absolute Gasteiger partial charge is 0.0541 e. The minimum absolute atomic E-state index is 0.446. The fourth-order valence-corrected chi connectivity index (χ4v) is 13.7. The first-order valence-electron chi connectivity index (χ1n) is 23.7. The number of aromatic nitrogens is 2. The van der Waals surface area contributed by atoms with Crippen molar-refractivity contribution in [1.29, 1.82) is 0 Å². The van der Waals surface area contributed by atoms with Crippen molar-refractivity contribution in [3.8, 4) is 33.6 Å². The van der Waals surface area contributed by atoms with Crippen LogP contribution in [-0.4, -0.2) is 14.4 Å². The molecular weight excluding hydrogens is 861 g/mol. The van der Waals surface area contributed by atoms with E-state index in [9.17, 15) is 0 Å². The average molecular weight is 905 g/mol. The largest absolute Gasteiger partial charge is 0.309 e. The van der Waals surface area contributed by atoms with Crippen molar-refractivity contribution in [2.24, 2.45) is 0 Å². The predicted molar refractivity (Wildman–Crippen MR) is 294 cm³/mol. The quantitative estimate of drug-likeness (QED) is 0.158. The van der Waals surface area contributed by atoms with Crippen LogP contribution in [-0.2, 0) is 0 Å². The molecule has 2 nitrogen and oxygen atoms in total. The molecule has 4 heteroatoms. The first-order chi connectivity index (χ1) is 33.7. The van der Waals surface area contributed by atoms with Crippen LogP contribution in [0.2, 0.25) is 0 Å². The van der Waals surface area contributed by atoms with Gasteiger partial charge in [-0.3, -0.25) is 0 Å². The highest BCUT2D eigenvalue weighted by molar-refractivity contribution is 8.11. The first-order valence-corrected chi connectivity index (χ1v) is 25.4. The van der Waals surface area contributed by atoms with Crippen molar-refractivity contribution >= 4 is 93.6 Å². The molecule has 2 aromatic heterocycles. The Kier molecular flexibility index (Phi) is 9.38. The monoisotopic (exact) mass is 904 g/mol. The summed E-state index contributed by atoms with van der Waals surface area (Å²) < 4.78 is 4.76. The van der Waals surface area contributed by atoms with E-state index in [0.717, 1.165) is 12.8 Å². The summed E-state index contributed by atoms with van der Waals surface area (Å²) >= 11 is 4.12. The highest BCUT2D eigenvalue weighted by Crippen LogP contribution is 2.53. The van der Waals surface area contributed by atoms with E-state index in [0.29, 0.717) is 10.5 Å². The maximum atomic E-state index is 2.51. The third kappa shape index (κ3) is 6.65. The lowest BCUT2D eigenvalue weighted by Crippen LogP contribution is -1.97. The molecule has 322 valence electrons. The van der Waals surface area contributed by atoms with E-state index in [2.05, 4.69) is 251 Å². The van der Waals surface area contributed by atoms with Crippen molar-refractivity contribution in [3.05, 3.63) is 247 Å². The third-order valence-corrected chi connectivity index (χ3v) is 17.3. The summed E-state index contributed by atoms with van der Waals surface area (Å²) in [6.45, 7) is 0. The minimum atomic E-state index is 0.446. The molecule has 0 radical (unpaired) electrons. The molecule has 2 atom stereocenters. The number of hydrogen-bond acceptors (Lipinski definition) is 2. The topological polar surface area (TPSA) is 9.86 Å². The molecule has 0 N–H and O–H groups in total. The third-order valence-electron chi connectivity index (χ3n) is 14.3. The summed E-state index contributed by atoms with van der Waals surface area (Å²) in [5, 5.41) is 11.2. The molecule has 0 saturated carbocycles. The van der Waals surface area contributed by atoms with Gasteiger partial charge in [0, 0.05) is 48.3 Å². The number of rotatable bonds is 7. The van der Waals surface area contributed by atoms with Gasteiger partial charge in [-0.05, 0) is 152 Å². The van der Waals surface area contributed by atoms with Crippen LogP contribution in [0.1, 0.15) is 29.2 Å². The lowest BCUT2D eigenvalue weighted by Gasteiger charge is -2.15. The van der Waals surface area contributed by atoms with Gasteiger partial charge in [-0.1, -0.05) is 152 Å². The van der Waals surface area contributed by atoms with E-state index < -0.39 is 0 Å². The lowest BCUT2D eigenvalue weighted by atomic mass is 9.97. The second-order valence-corrected chi connectivity index (χ2v) is 20.8. The van der Waals surface area contributed by atoms with Crippen LogP contribution in [0, 0.1) is 0 Å². The summed E-state index contributed by atoms with van der Waals surface area (Å²) in [5.41, 5.74) is 15.0. The molecule has 0 fully saturated rings. The Morgan fingerprint density at radius 2 is 0.765 bits per heavy atom. The lowest BCUT2D eigenvalue weighted by molar-refractivity contribution is 0.989. The Bertz CT molecular complexity index is 4040. The maximum Gasteiger partial charge on any atom is 0.0541 e. The summed E-state index contributed by atoms with van der Waals surface area (Å²) in [6, 6.07) is 80.9. The molecule has 14 rings (SSSR count). The van der Waals surface area contributed by atoms with Gasteiger partial charge in [0.05, 0.1) is 22.1 Å². The van der Waals surface area contributed by atoms with E-state index in [1.165, 1.54) is 120 Å². The Morgan fingerprint density at radius 3 is 1.35 bits per heavy atom. The van der Waals surface area contributed by atoms with Gasteiger partial charge in [-0.2, -0.15) is 0 Å². The first kappa shape index (κ1) is 39.6. The van der Waals surface area contributed by atoms with Crippen LogP contribution in [0.15, 0.2) is 235 Å². The summed E-state index contributed by atoms with van der Waals surface area (Å²) in [4.78, 5) is 2.92. The average Bonchev–Trinajstić information content (AvgIpc) is 4.23. The van der Waals surface area contributed by atoms with Crippen LogP contribution in [0.5, 0.6) is 0 Å². The zero-order chi connectivity index (χ0) is 44.7. The van der Waals surface area contributed by atoms with Crippen LogP contribution in [0.25, 0.3) is 104 Å². The number of benzene rings is 10. The molecule has 4 heterocycles. The molecule has 2 unspecified atom stereocenters. The van der Waals surface area contributed by atoms with E-state index in [1.54, 1.807) is 0 Å². The number of allylic oxidation sites excluding steroid dienone is 2. The van der Waals surface area contributed by atoms with Crippen molar-refractivity contribution in [1.82, 2.24) is 9.13 Å². The second-order valence-electron chi connectivity index (χ2n) is 18.3. The standard InChI is InChI=1S/C64H44N2S2/c1-3-11-51(12-4-1)65-57-17-9-7-15-53(57)55-39-47(27-29-59(55)65)43-19-21-45-37-49(25-23-41(45)35-43)61-31-33-63(67-61)64-34-32-62(68-64)50-26-24-42-36-44(20-22-46(42)38-50)48-28-30-60-56(40-48)54-16-8-10-18-58(54)66(60)52-13-5-2-6-14-52/h1-31,34-40,62-63H,32-33H2. The number of fused-ring (bicyclic) bond motifs is 8. The fraction of sp³-hybridized carbons (Fsp3) is 0.0625. The van der Waals surface area contributed by atoms with E-state index in [-0.39, 0.29) is 0 Å². The van der Waals surface area contributed by atoms with Gasteiger partial charge < -0.3 is 9.13 Å². The van der Waals surface area contributed by atoms with Crippen LogP contribution >= 0.6 is 23.5 Å². The number of para-hydroxylation sites is 4. The fourth-order valence-electron chi connectivity index (χ4n) is 11.0. The van der Waals surface area contributed by atoms with Crippen molar-refractivity contribution < 1.29 is 0 Å². The normalized spacial score (nSPS) is 16.2. The number of thioether (sulfide) groups is 2. The number of hydrogen-bond donors (Lipinski definition) is 0. The van der Waals surface area contributed by atoms with Gasteiger partial charge >= 0.3 is 0 Å². The zero-order valence-electron chi connectivity index (χ0n) is 37.2. The van der Waals surface area contributed by atoms with Crippen LogP contribution in [0.3, 0.4) is 0 Å². The van der Waals surface area contributed by atoms with Crippen molar-refractivity contribution in [2.45, 2.75) is 23.3 Å².